The SMILES string of the molecule is CC[C@H](C)c1ccc(NC(=O)[C@H]2CCCN(S(=O)(=O)c3ccc(C)s3)C2)cc1. The van der Waals surface area contributed by atoms with Crippen LogP contribution in [0.4, 0.5) is 5.69 Å². The van der Waals surface area contributed by atoms with Crippen molar-refractivity contribution in [1.29, 1.82) is 0 Å². The molecule has 0 unspecified atom stereocenters. The van der Waals surface area contributed by atoms with Crippen LogP contribution in [0.1, 0.15) is 49.5 Å². The van der Waals surface area contributed by atoms with Gasteiger partial charge in [-0.2, -0.15) is 4.31 Å². The summed E-state index contributed by atoms with van der Waals surface area (Å²) in [5, 5.41) is 2.95. The fourth-order valence-corrected chi connectivity index (χ4v) is 6.39. The average molecular weight is 421 g/mol. The van der Waals surface area contributed by atoms with Crippen molar-refractivity contribution in [2.45, 2.75) is 50.2 Å². The first kappa shape index (κ1) is 21.0. The fourth-order valence-electron chi connectivity index (χ4n) is 3.43. The Balaban J connectivity index is 1.66. The monoisotopic (exact) mass is 420 g/mol. The highest BCUT2D eigenvalue weighted by atomic mass is 32.2. The number of hydrogen-bond acceptors (Lipinski definition) is 4. The molecule has 1 aliphatic rings. The van der Waals surface area contributed by atoms with Gasteiger partial charge in [-0.25, -0.2) is 8.42 Å². The van der Waals surface area contributed by atoms with Crippen molar-refractivity contribution in [3.8, 4) is 0 Å². The van der Waals surface area contributed by atoms with Crippen molar-refractivity contribution in [3.63, 3.8) is 0 Å². The van der Waals surface area contributed by atoms with E-state index < -0.39 is 10.0 Å². The van der Waals surface area contributed by atoms with Gasteiger partial charge < -0.3 is 5.32 Å². The Labute approximate surface area is 171 Å². The zero-order chi connectivity index (χ0) is 20.3. The Bertz CT molecular complexity index is 919. The lowest BCUT2D eigenvalue weighted by molar-refractivity contribution is -0.120. The number of carbonyl (C=O) groups is 1. The molecule has 7 heteroatoms. The molecule has 0 bridgehead atoms. The summed E-state index contributed by atoms with van der Waals surface area (Å²) in [5.74, 6) is 0.0418. The van der Waals surface area contributed by atoms with Crippen LogP contribution in [-0.4, -0.2) is 31.7 Å². The van der Waals surface area contributed by atoms with E-state index in [0.717, 1.165) is 17.0 Å². The molecular formula is C21H28N2O3S2. The summed E-state index contributed by atoms with van der Waals surface area (Å²) in [7, 11) is -3.53. The first-order chi connectivity index (χ1) is 13.3. The summed E-state index contributed by atoms with van der Waals surface area (Å²) in [6.45, 7) is 6.92. The molecule has 1 amide bonds. The number of hydrogen-bond donors (Lipinski definition) is 1. The Morgan fingerprint density at radius 1 is 1.25 bits per heavy atom. The highest BCUT2D eigenvalue weighted by Crippen LogP contribution is 2.29. The van der Waals surface area contributed by atoms with Crippen LogP contribution in [0.5, 0.6) is 0 Å². The number of sulfonamides is 1. The number of carbonyl (C=O) groups excluding carboxylic acids is 1. The molecule has 2 atom stereocenters. The molecule has 1 fully saturated rings. The van der Waals surface area contributed by atoms with Crippen LogP contribution in [0.15, 0.2) is 40.6 Å². The molecule has 0 aliphatic carbocycles. The smallest absolute Gasteiger partial charge is 0.252 e. The lowest BCUT2D eigenvalue weighted by atomic mass is 9.97. The van der Waals surface area contributed by atoms with E-state index in [1.165, 1.54) is 21.2 Å². The number of amides is 1. The summed E-state index contributed by atoms with van der Waals surface area (Å²) < 4.78 is 27.5. The first-order valence-corrected chi connectivity index (χ1v) is 12.0. The molecule has 5 nitrogen and oxygen atoms in total. The topological polar surface area (TPSA) is 66.5 Å². The molecular weight excluding hydrogens is 392 g/mol. The van der Waals surface area contributed by atoms with Crippen molar-refractivity contribution in [1.82, 2.24) is 4.31 Å². The van der Waals surface area contributed by atoms with E-state index in [1.54, 1.807) is 6.07 Å². The first-order valence-electron chi connectivity index (χ1n) is 9.78. The number of benzene rings is 1. The number of nitrogens with one attached hydrogen (secondary N) is 1. The van der Waals surface area contributed by atoms with Gasteiger partial charge in [-0.3, -0.25) is 4.79 Å². The molecule has 2 heterocycles. The highest BCUT2D eigenvalue weighted by molar-refractivity contribution is 7.91. The van der Waals surface area contributed by atoms with Gasteiger partial charge in [-0.1, -0.05) is 26.0 Å². The normalized spacial score (nSPS) is 19.3. The van der Waals surface area contributed by atoms with Crippen molar-refractivity contribution in [2.24, 2.45) is 5.92 Å². The van der Waals surface area contributed by atoms with Gasteiger partial charge in [0.1, 0.15) is 4.21 Å². The van der Waals surface area contributed by atoms with Crippen LogP contribution in [0.2, 0.25) is 0 Å². The standard InChI is InChI=1S/C21H28N2O3S2/c1-4-15(2)17-8-10-19(11-9-17)22-21(24)18-6-5-13-23(14-18)28(25,26)20-12-7-16(3)27-20/h7-12,15,18H,4-6,13-14H2,1-3H3,(H,22,24)/t15-,18-/m0/s1. The molecule has 0 radical (unpaired) electrons. The zero-order valence-electron chi connectivity index (χ0n) is 16.6. The lowest BCUT2D eigenvalue weighted by Gasteiger charge is -2.30. The van der Waals surface area contributed by atoms with Gasteiger partial charge in [0.15, 0.2) is 0 Å². The molecule has 0 spiro atoms. The van der Waals surface area contributed by atoms with Crippen LogP contribution in [0, 0.1) is 12.8 Å². The maximum Gasteiger partial charge on any atom is 0.252 e. The van der Waals surface area contributed by atoms with Crippen molar-refractivity contribution in [3.05, 3.63) is 46.8 Å². The van der Waals surface area contributed by atoms with Gasteiger partial charge >= 0.3 is 0 Å². The fraction of sp³-hybridized carbons (Fsp3) is 0.476. The third-order valence-corrected chi connectivity index (χ3v) is 8.76. The molecule has 1 saturated heterocycles. The maximum absolute atomic E-state index is 12.9. The minimum atomic E-state index is -3.53. The lowest BCUT2D eigenvalue weighted by Crippen LogP contribution is -2.43. The van der Waals surface area contributed by atoms with Gasteiger partial charge in [0.2, 0.25) is 5.91 Å². The van der Waals surface area contributed by atoms with Crippen molar-refractivity contribution in [2.75, 3.05) is 18.4 Å². The molecule has 3 rings (SSSR count). The minimum absolute atomic E-state index is 0.112. The Morgan fingerprint density at radius 3 is 2.57 bits per heavy atom. The zero-order valence-corrected chi connectivity index (χ0v) is 18.3. The van der Waals surface area contributed by atoms with Gasteiger partial charge in [0.25, 0.3) is 10.0 Å². The highest BCUT2D eigenvalue weighted by Gasteiger charge is 2.34. The second kappa shape index (κ2) is 8.76. The molecule has 1 N–H and O–H groups in total. The van der Waals surface area contributed by atoms with E-state index in [4.69, 9.17) is 0 Å². The minimum Gasteiger partial charge on any atom is -0.326 e. The summed E-state index contributed by atoms with van der Waals surface area (Å²) in [4.78, 5) is 13.7. The third-order valence-electron chi connectivity index (χ3n) is 5.42. The average Bonchev–Trinajstić information content (AvgIpc) is 3.15. The van der Waals surface area contributed by atoms with E-state index in [0.29, 0.717) is 29.5 Å². The molecule has 2 aromatic rings. The van der Waals surface area contributed by atoms with Crippen LogP contribution in [0.3, 0.4) is 0 Å². The largest absolute Gasteiger partial charge is 0.326 e. The van der Waals surface area contributed by atoms with E-state index >= 15 is 0 Å². The van der Waals surface area contributed by atoms with Crippen LogP contribution in [0.25, 0.3) is 0 Å². The van der Waals surface area contributed by atoms with E-state index in [2.05, 4.69) is 19.2 Å². The van der Waals surface area contributed by atoms with E-state index in [-0.39, 0.29) is 18.4 Å². The van der Waals surface area contributed by atoms with Gasteiger partial charge in [0.05, 0.1) is 5.92 Å². The predicted octanol–water partition coefficient (Wildman–Crippen LogP) is 4.61. The third kappa shape index (κ3) is 4.64. The molecule has 1 aromatic heterocycles. The van der Waals surface area contributed by atoms with E-state index in [9.17, 15) is 13.2 Å². The number of aryl methyl sites for hydroxylation is 1. The predicted molar refractivity (Wildman–Crippen MR) is 114 cm³/mol. The van der Waals surface area contributed by atoms with Crippen LogP contribution in [-0.2, 0) is 14.8 Å². The summed E-state index contributed by atoms with van der Waals surface area (Å²) in [5.41, 5.74) is 2.01. The number of nitrogens with zero attached hydrogens (tertiary/aromatic N) is 1. The van der Waals surface area contributed by atoms with E-state index in [1.807, 2.05) is 37.3 Å². The second-order valence-electron chi connectivity index (χ2n) is 7.49. The van der Waals surface area contributed by atoms with Crippen LogP contribution >= 0.6 is 11.3 Å². The molecule has 0 saturated carbocycles. The summed E-state index contributed by atoms with van der Waals surface area (Å²) >= 11 is 1.28. The molecule has 28 heavy (non-hydrogen) atoms. The summed E-state index contributed by atoms with van der Waals surface area (Å²) in [6.07, 6.45) is 2.46. The Kier molecular flexibility index (Phi) is 6.58. The van der Waals surface area contributed by atoms with Crippen molar-refractivity contribution >= 4 is 33.0 Å². The van der Waals surface area contributed by atoms with Gasteiger partial charge in [-0.15, -0.1) is 11.3 Å². The number of rotatable bonds is 6. The molecule has 1 aromatic carbocycles. The number of thiophene rings is 1. The molecule has 152 valence electrons. The number of piperidine rings is 1. The van der Waals surface area contributed by atoms with Gasteiger partial charge in [-0.05, 0) is 61.9 Å². The number of anilines is 1. The quantitative estimate of drug-likeness (QED) is 0.742. The van der Waals surface area contributed by atoms with Gasteiger partial charge in [0, 0.05) is 23.7 Å². The summed E-state index contributed by atoms with van der Waals surface area (Å²) in [6, 6.07) is 11.4. The Morgan fingerprint density at radius 2 is 1.96 bits per heavy atom. The van der Waals surface area contributed by atoms with Crippen LogP contribution < -0.4 is 5.32 Å². The molecule has 1 aliphatic heterocycles. The maximum atomic E-state index is 12.9. The van der Waals surface area contributed by atoms with Crippen molar-refractivity contribution < 1.29 is 13.2 Å². The second-order valence-corrected chi connectivity index (χ2v) is 10.9. The Hall–Kier alpha value is -1.70.